The molecule has 13 heteroatoms. The van der Waals surface area contributed by atoms with Gasteiger partial charge < -0.3 is 19.3 Å². The first kappa shape index (κ1) is 23.0. The van der Waals surface area contributed by atoms with Crippen molar-refractivity contribution in [2.75, 3.05) is 37.9 Å². The molecule has 0 spiro atoms. The van der Waals surface area contributed by atoms with E-state index in [1.165, 1.54) is 13.0 Å². The minimum Gasteiger partial charge on any atom is -0.454 e. The third-order valence-electron chi connectivity index (χ3n) is 6.35. The lowest BCUT2D eigenvalue weighted by atomic mass is 10.1. The number of fused-ring (bicyclic) bond motifs is 2. The maximum atomic E-state index is 13.0. The Labute approximate surface area is 208 Å². The molecule has 1 saturated heterocycles. The van der Waals surface area contributed by atoms with Gasteiger partial charge in [0.25, 0.3) is 11.7 Å². The van der Waals surface area contributed by atoms with Crippen LogP contribution < -0.4 is 14.4 Å². The highest BCUT2D eigenvalue weighted by Gasteiger charge is 2.34. The Morgan fingerprint density at radius 3 is 2.51 bits per heavy atom. The van der Waals surface area contributed by atoms with Crippen LogP contribution in [-0.4, -0.2) is 68.3 Å². The number of hydrogen-bond donors (Lipinski definition) is 0. The van der Waals surface area contributed by atoms with Crippen LogP contribution in [0.1, 0.15) is 21.7 Å². The third-order valence-corrected chi connectivity index (χ3v) is 6.35. The summed E-state index contributed by atoms with van der Waals surface area (Å²) in [6.45, 7) is 3.21. The number of anilines is 1. The molecule has 5 heterocycles. The Bertz CT molecular complexity index is 1510. The van der Waals surface area contributed by atoms with E-state index in [1.54, 1.807) is 15.6 Å². The summed E-state index contributed by atoms with van der Waals surface area (Å²) in [5.74, 6) is 1.88. The van der Waals surface area contributed by atoms with Crippen molar-refractivity contribution < 1.29 is 27.4 Å². The molecular weight excluding hydrogens is 491 g/mol. The minimum atomic E-state index is -4.56. The number of pyridine rings is 1. The zero-order valence-corrected chi connectivity index (χ0v) is 19.6. The highest BCUT2D eigenvalue weighted by molar-refractivity contribution is 5.95. The summed E-state index contributed by atoms with van der Waals surface area (Å²) in [7, 11) is 0. The van der Waals surface area contributed by atoms with Gasteiger partial charge in [-0.3, -0.25) is 4.79 Å². The van der Waals surface area contributed by atoms with Crippen molar-refractivity contribution in [3.05, 3.63) is 59.5 Å². The number of aromatic nitrogens is 5. The summed E-state index contributed by atoms with van der Waals surface area (Å²) in [6.07, 6.45) is -2.90. The van der Waals surface area contributed by atoms with Crippen LogP contribution in [0.2, 0.25) is 0 Å². The number of benzene rings is 1. The van der Waals surface area contributed by atoms with Crippen LogP contribution in [0.4, 0.5) is 19.1 Å². The van der Waals surface area contributed by atoms with Crippen LogP contribution in [0, 0.1) is 6.92 Å². The van der Waals surface area contributed by atoms with Crippen molar-refractivity contribution in [2.45, 2.75) is 13.1 Å². The highest BCUT2D eigenvalue weighted by Crippen LogP contribution is 2.36. The first-order chi connectivity index (χ1) is 17.8. The van der Waals surface area contributed by atoms with Crippen LogP contribution in [0.25, 0.3) is 17.0 Å². The second-order valence-electron chi connectivity index (χ2n) is 8.63. The average molecular weight is 511 g/mol. The molecule has 1 fully saturated rings. The number of halogens is 3. The lowest BCUT2D eigenvalue weighted by Gasteiger charge is -2.34. The molecule has 0 aliphatic carbocycles. The Morgan fingerprint density at radius 1 is 0.973 bits per heavy atom. The van der Waals surface area contributed by atoms with E-state index in [1.807, 2.05) is 29.2 Å². The summed E-state index contributed by atoms with van der Waals surface area (Å²) in [5, 5.41) is 4.66. The van der Waals surface area contributed by atoms with Gasteiger partial charge in [0.15, 0.2) is 11.5 Å². The monoisotopic (exact) mass is 511 g/mol. The van der Waals surface area contributed by atoms with Crippen LogP contribution in [0.5, 0.6) is 11.5 Å². The van der Waals surface area contributed by atoms with Gasteiger partial charge >= 0.3 is 6.18 Å². The fourth-order valence-corrected chi connectivity index (χ4v) is 4.42. The number of carbonyl (C=O) groups is 1. The lowest BCUT2D eigenvalue weighted by Crippen LogP contribution is -2.49. The van der Waals surface area contributed by atoms with Gasteiger partial charge in [-0.15, -0.1) is 5.10 Å². The molecule has 2 aliphatic rings. The fraction of sp³-hybridized carbons (Fsp3) is 0.292. The zero-order chi connectivity index (χ0) is 25.7. The standard InChI is InChI=1S/C24H20F3N7O3/c1-14-16(3-5-20(29-14)24(25,26)27)21(35)32-8-10-33(11-9-32)23-30-22-28-7-6-17(34(22)31-23)15-2-4-18-19(12-15)37-13-36-18/h2-7,12H,8-11,13H2,1H3. The van der Waals surface area contributed by atoms with Crippen molar-refractivity contribution in [1.29, 1.82) is 0 Å². The van der Waals surface area contributed by atoms with Crippen LogP contribution in [0.3, 0.4) is 0 Å². The van der Waals surface area contributed by atoms with E-state index < -0.39 is 11.9 Å². The number of rotatable bonds is 3. The van der Waals surface area contributed by atoms with Crippen molar-refractivity contribution in [2.24, 2.45) is 0 Å². The third kappa shape index (κ3) is 4.15. The summed E-state index contributed by atoms with van der Waals surface area (Å²) < 4.78 is 51.3. The number of hydrogen-bond acceptors (Lipinski definition) is 8. The fourth-order valence-electron chi connectivity index (χ4n) is 4.42. The molecule has 10 nitrogen and oxygen atoms in total. The zero-order valence-electron chi connectivity index (χ0n) is 19.6. The van der Waals surface area contributed by atoms with E-state index in [9.17, 15) is 18.0 Å². The van der Waals surface area contributed by atoms with Gasteiger partial charge in [-0.05, 0) is 43.3 Å². The SMILES string of the molecule is Cc1nc(C(F)(F)F)ccc1C(=O)N1CCN(c2nc3nccc(-c4ccc5c(c4)OCO5)n3n2)CC1. The largest absolute Gasteiger partial charge is 0.454 e. The number of carbonyl (C=O) groups excluding carboxylic acids is 1. The first-order valence-corrected chi connectivity index (χ1v) is 11.5. The summed E-state index contributed by atoms with van der Waals surface area (Å²) in [4.78, 5) is 29.0. The first-order valence-electron chi connectivity index (χ1n) is 11.5. The second-order valence-corrected chi connectivity index (χ2v) is 8.63. The molecule has 2 aliphatic heterocycles. The molecule has 3 aromatic heterocycles. The van der Waals surface area contributed by atoms with Crippen LogP contribution in [-0.2, 0) is 6.18 Å². The average Bonchev–Trinajstić information content (AvgIpc) is 3.54. The molecule has 190 valence electrons. The van der Waals surface area contributed by atoms with Crippen molar-refractivity contribution >= 4 is 17.6 Å². The van der Waals surface area contributed by atoms with Gasteiger partial charge in [0.2, 0.25) is 12.7 Å². The maximum Gasteiger partial charge on any atom is 0.433 e. The lowest BCUT2D eigenvalue weighted by molar-refractivity contribution is -0.141. The van der Waals surface area contributed by atoms with Gasteiger partial charge in [0.1, 0.15) is 5.69 Å². The van der Waals surface area contributed by atoms with E-state index in [4.69, 9.17) is 9.47 Å². The summed E-state index contributed by atoms with van der Waals surface area (Å²) in [6, 6.07) is 9.48. The van der Waals surface area contributed by atoms with E-state index in [2.05, 4.69) is 20.1 Å². The molecule has 1 aromatic carbocycles. The van der Waals surface area contributed by atoms with Crippen molar-refractivity contribution in [3.63, 3.8) is 0 Å². The summed E-state index contributed by atoms with van der Waals surface area (Å²) in [5.41, 5.74) is 0.833. The number of aryl methyl sites for hydroxylation is 1. The predicted octanol–water partition coefficient (Wildman–Crippen LogP) is 3.20. The Hall–Kier alpha value is -4.42. The number of amides is 1. The molecule has 37 heavy (non-hydrogen) atoms. The molecule has 0 atom stereocenters. The molecule has 0 saturated carbocycles. The summed E-state index contributed by atoms with van der Waals surface area (Å²) >= 11 is 0. The maximum absolute atomic E-state index is 13.0. The molecule has 0 radical (unpaired) electrons. The normalized spacial score (nSPS) is 15.5. The van der Waals surface area contributed by atoms with E-state index in [0.29, 0.717) is 49.4 Å². The number of nitrogens with zero attached hydrogens (tertiary/aromatic N) is 7. The number of ether oxygens (including phenoxy) is 2. The topological polar surface area (TPSA) is 98.0 Å². The predicted molar refractivity (Wildman–Crippen MR) is 124 cm³/mol. The smallest absolute Gasteiger partial charge is 0.433 e. The van der Waals surface area contributed by atoms with Gasteiger partial charge in [0.05, 0.1) is 17.0 Å². The van der Waals surface area contributed by atoms with Gasteiger partial charge in [0, 0.05) is 37.9 Å². The second kappa shape index (κ2) is 8.61. The van der Waals surface area contributed by atoms with Gasteiger partial charge in [-0.1, -0.05) is 0 Å². The molecule has 1 amide bonds. The molecule has 0 bridgehead atoms. The number of piperazine rings is 1. The Kier molecular flexibility index (Phi) is 5.35. The van der Waals surface area contributed by atoms with E-state index in [0.717, 1.165) is 17.3 Å². The minimum absolute atomic E-state index is 0.0476. The van der Waals surface area contributed by atoms with Gasteiger partial charge in [-0.25, -0.2) is 9.97 Å². The Morgan fingerprint density at radius 2 is 1.76 bits per heavy atom. The number of alkyl halides is 3. The van der Waals surface area contributed by atoms with E-state index in [-0.39, 0.29) is 24.0 Å². The van der Waals surface area contributed by atoms with Crippen molar-refractivity contribution in [3.8, 4) is 22.8 Å². The highest BCUT2D eigenvalue weighted by atomic mass is 19.4. The molecule has 0 N–H and O–H groups in total. The van der Waals surface area contributed by atoms with Crippen molar-refractivity contribution in [1.82, 2.24) is 29.5 Å². The molecule has 4 aromatic rings. The van der Waals surface area contributed by atoms with Crippen LogP contribution in [0.15, 0.2) is 42.6 Å². The van der Waals surface area contributed by atoms with Gasteiger partial charge in [-0.2, -0.15) is 22.7 Å². The van der Waals surface area contributed by atoms with E-state index >= 15 is 0 Å². The molecule has 6 rings (SSSR count). The molecule has 0 unspecified atom stereocenters. The Balaban J connectivity index is 1.19. The molecular formula is C24H20F3N7O3. The quantitative estimate of drug-likeness (QED) is 0.414. The van der Waals surface area contributed by atoms with Crippen LogP contribution >= 0.6 is 0 Å².